The number of hydrogen-bond acceptors (Lipinski definition) is 6. The molecule has 0 saturated carbocycles. The van der Waals surface area contributed by atoms with Crippen molar-refractivity contribution in [2.75, 3.05) is 7.11 Å². The predicted octanol–water partition coefficient (Wildman–Crippen LogP) is 1.85. The number of carbonyl (C=O) groups excluding carboxylic acids is 2. The molecule has 4 atom stereocenters. The minimum Gasteiger partial charge on any atom is -0.467 e. The molecule has 0 radical (unpaired) electrons. The maximum Gasteiger partial charge on any atom is 0.411 e. The van der Waals surface area contributed by atoms with Gasteiger partial charge >= 0.3 is 12.1 Å². The van der Waals surface area contributed by atoms with Crippen LogP contribution < -0.4 is 0 Å². The molecule has 7 heteroatoms. The van der Waals surface area contributed by atoms with Crippen molar-refractivity contribution in [3.63, 3.8) is 0 Å². The van der Waals surface area contributed by atoms with E-state index in [1.54, 1.807) is 0 Å². The number of cyclic esters (lactones) is 1. The SMILES string of the molecule is CCCCCC(O)C(O)[C@@H]1OC(=O)N(Cc2ccccc2)[C@H]1C(=O)OC. The molecule has 2 rings (SSSR count). The van der Waals surface area contributed by atoms with Crippen LogP contribution in [0.4, 0.5) is 4.79 Å². The van der Waals surface area contributed by atoms with Crippen molar-refractivity contribution in [3.05, 3.63) is 35.9 Å². The van der Waals surface area contributed by atoms with E-state index < -0.39 is 36.4 Å². The zero-order chi connectivity index (χ0) is 19.1. The van der Waals surface area contributed by atoms with Gasteiger partial charge in [-0.25, -0.2) is 9.59 Å². The van der Waals surface area contributed by atoms with Crippen molar-refractivity contribution in [2.24, 2.45) is 0 Å². The Labute approximate surface area is 153 Å². The number of unbranched alkanes of at least 4 members (excludes halogenated alkanes) is 2. The van der Waals surface area contributed by atoms with Gasteiger partial charge in [0, 0.05) is 0 Å². The average molecular weight is 365 g/mol. The normalized spacial score (nSPS) is 22.0. The molecule has 1 aromatic rings. The number of aliphatic hydroxyl groups excluding tert-OH is 2. The molecular weight excluding hydrogens is 338 g/mol. The number of carbonyl (C=O) groups is 2. The first-order valence-electron chi connectivity index (χ1n) is 8.94. The topological polar surface area (TPSA) is 96.3 Å². The van der Waals surface area contributed by atoms with E-state index in [2.05, 4.69) is 0 Å². The molecule has 2 N–H and O–H groups in total. The Balaban J connectivity index is 2.15. The van der Waals surface area contributed by atoms with Crippen LogP contribution in [0, 0.1) is 0 Å². The summed E-state index contributed by atoms with van der Waals surface area (Å²) in [5.74, 6) is -0.684. The van der Waals surface area contributed by atoms with Gasteiger partial charge < -0.3 is 19.7 Å². The molecule has 1 heterocycles. The van der Waals surface area contributed by atoms with Gasteiger partial charge in [0.05, 0.1) is 19.8 Å². The second-order valence-electron chi connectivity index (χ2n) is 6.48. The molecule has 26 heavy (non-hydrogen) atoms. The van der Waals surface area contributed by atoms with Crippen molar-refractivity contribution in [1.29, 1.82) is 0 Å². The highest BCUT2D eigenvalue weighted by Crippen LogP contribution is 2.27. The van der Waals surface area contributed by atoms with Crippen LogP contribution in [0.25, 0.3) is 0 Å². The summed E-state index contributed by atoms with van der Waals surface area (Å²) >= 11 is 0. The van der Waals surface area contributed by atoms with Gasteiger partial charge in [-0.1, -0.05) is 56.5 Å². The summed E-state index contributed by atoms with van der Waals surface area (Å²) in [6.07, 6.45) is -1.30. The lowest BCUT2D eigenvalue weighted by Gasteiger charge is -2.27. The van der Waals surface area contributed by atoms with E-state index in [-0.39, 0.29) is 6.54 Å². The number of ether oxygens (including phenoxy) is 2. The highest BCUT2D eigenvalue weighted by atomic mass is 16.6. The second-order valence-corrected chi connectivity index (χ2v) is 6.48. The van der Waals surface area contributed by atoms with Crippen molar-refractivity contribution in [3.8, 4) is 0 Å². The molecule has 1 fully saturated rings. The van der Waals surface area contributed by atoms with E-state index in [9.17, 15) is 19.8 Å². The van der Waals surface area contributed by atoms with Gasteiger partial charge in [-0.3, -0.25) is 4.90 Å². The Morgan fingerprint density at radius 2 is 1.96 bits per heavy atom. The first kappa shape index (κ1) is 20.2. The van der Waals surface area contributed by atoms with Gasteiger partial charge in [0.1, 0.15) is 6.10 Å². The van der Waals surface area contributed by atoms with Gasteiger partial charge in [-0.15, -0.1) is 0 Å². The first-order valence-corrected chi connectivity index (χ1v) is 8.94. The fourth-order valence-corrected chi connectivity index (χ4v) is 3.11. The molecule has 1 saturated heterocycles. The third kappa shape index (κ3) is 4.74. The number of nitrogens with zero attached hydrogens (tertiary/aromatic N) is 1. The van der Waals surface area contributed by atoms with Crippen molar-refractivity contribution in [2.45, 2.75) is 63.5 Å². The zero-order valence-corrected chi connectivity index (χ0v) is 15.2. The van der Waals surface area contributed by atoms with E-state index in [4.69, 9.17) is 9.47 Å². The van der Waals surface area contributed by atoms with E-state index in [1.807, 2.05) is 37.3 Å². The molecule has 1 aliphatic heterocycles. The summed E-state index contributed by atoms with van der Waals surface area (Å²) in [5.41, 5.74) is 0.817. The largest absolute Gasteiger partial charge is 0.467 e. The van der Waals surface area contributed by atoms with Gasteiger partial charge in [0.15, 0.2) is 12.1 Å². The Hall–Kier alpha value is -2.12. The van der Waals surface area contributed by atoms with Gasteiger partial charge in [-0.05, 0) is 12.0 Å². The van der Waals surface area contributed by atoms with Crippen LogP contribution in [0.5, 0.6) is 0 Å². The maximum absolute atomic E-state index is 12.3. The standard InChI is InChI=1S/C19H27NO6/c1-3-4-6-11-14(21)16(22)17-15(18(23)25-2)20(19(24)26-17)12-13-9-7-5-8-10-13/h5,7-10,14-17,21-22H,3-4,6,11-12H2,1-2H3/t14?,15-,16?,17-/m1/s1. The number of rotatable bonds is 9. The minimum atomic E-state index is -1.36. The minimum absolute atomic E-state index is 0.147. The maximum atomic E-state index is 12.3. The number of esters is 1. The predicted molar refractivity (Wildman–Crippen MR) is 94.2 cm³/mol. The second kappa shape index (κ2) is 9.54. The lowest BCUT2D eigenvalue weighted by molar-refractivity contribution is -0.150. The summed E-state index contributed by atoms with van der Waals surface area (Å²) in [4.78, 5) is 25.8. The quantitative estimate of drug-likeness (QED) is 0.512. The third-order valence-corrected chi connectivity index (χ3v) is 4.59. The van der Waals surface area contributed by atoms with Crippen molar-refractivity contribution in [1.82, 2.24) is 4.90 Å². The molecule has 1 amide bonds. The Morgan fingerprint density at radius 3 is 2.58 bits per heavy atom. The van der Waals surface area contributed by atoms with Crippen LogP contribution >= 0.6 is 0 Å². The van der Waals surface area contributed by atoms with Crippen LogP contribution in [0.1, 0.15) is 38.2 Å². The highest BCUT2D eigenvalue weighted by molar-refractivity contribution is 5.85. The molecule has 7 nitrogen and oxygen atoms in total. The van der Waals surface area contributed by atoms with E-state index in [0.717, 1.165) is 24.8 Å². The van der Waals surface area contributed by atoms with Crippen LogP contribution in [0.2, 0.25) is 0 Å². The van der Waals surface area contributed by atoms with Gasteiger partial charge in [0.25, 0.3) is 0 Å². The summed E-state index contributed by atoms with van der Waals surface area (Å²) < 4.78 is 10.1. The molecule has 0 bridgehead atoms. The zero-order valence-electron chi connectivity index (χ0n) is 15.2. The van der Waals surface area contributed by atoms with Crippen LogP contribution in [0.3, 0.4) is 0 Å². The molecule has 0 aromatic heterocycles. The molecule has 144 valence electrons. The van der Waals surface area contributed by atoms with Crippen molar-refractivity contribution < 1.29 is 29.3 Å². The first-order chi connectivity index (χ1) is 12.5. The van der Waals surface area contributed by atoms with E-state index in [0.29, 0.717) is 6.42 Å². The Morgan fingerprint density at radius 1 is 1.27 bits per heavy atom. The smallest absolute Gasteiger partial charge is 0.411 e. The average Bonchev–Trinajstić information content (AvgIpc) is 2.97. The van der Waals surface area contributed by atoms with Gasteiger partial charge in [0.2, 0.25) is 0 Å². The Kier molecular flexibility index (Phi) is 7.41. The lowest BCUT2D eigenvalue weighted by Crippen LogP contribution is -2.50. The summed E-state index contributed by atoms with van der Waals surface area (Å²) in [7, 11) is 1.22. The molecule has 1 aromatic carbocycles. The number of aliphatic hydroxyl groups is 2. The fourth-order valence-electron chi connectivity index (χ4n) is 3.11. The number of amides is 1. The van der Waals surface area contributed by atoms with Gasteiger partial charge in [-0.2, -0.15) is 0 Å². The van der Waals surface area contributed by atoms with Crippen LogP contribution in [0.15, 0.2) is 30.3 Å². The molecule has 2 unspecified atom stereocenters. The Bertz CT molecular complexity index is 593. The molecule has 0 aliphatic carbocycles. The summed E-state index contributed by atoms with van der Waals surface area (Å²) in [5, 5.41) is 20.7. The molecule has 0 spiro atoms. The van der Waals surface area contributed by atoms with Crippen molar-refractivity contribution >= 4 is 12.1 Å². The number of hydrogen-bond donors (Lipinski definition) is 2. The molecular formula is C19H27NO6. The summed E-state index contributed by atoms with van der Waals surface area (Å²) in [6, 6.07) is 8.05. The summed E-state index contributed by atoms with van der Waals surface area (Å²) in [6.45, 7) is 2.19. The molecule has 1 aliphatic rings. The fraction of sp³-hybridized carbons (Fsp3) is 0.579. The van der Waals surface area contributed by atoms with E-state index in [1.165, 1.54) is 12.0 Å². The highest BCUT2D eigenvalue weighted by Gasteiger charge is 2.51. The number of methoxy groups -OCH3 is 1. The van der Waals surface area contributed by atoms with Crippen LogP contribution in [-0.4, -0.2) is 58.6 Å². The van der Waals surface area contributed by atoms with E-state index >= 15 is 0 Å². The van der Waals surface area contributed by atoms with Crippen LogP contribution in [-0.2, 0) is 20.8 Å². The monoisotopic (exact) mass is 365 g/mol. The third-order valence-electron chi connectivity index (χ3n) is 4.59. The lowest BCUT2D eigenvalue weighted by atomic mass is 9.97. The number of benzene rings is 1.